The lowest BCUT2D eigenvalue weighted by molar-refractivity contribution is -0.385. The van der Waals surface area contributed by atoms with Gasteiger partial charge in [0.2, 0.25) is 0 Å². The second-order valence-electron chi connectivity index (χ2n) is 4.92. The van der Waals surface area contributed by atoms with Crippen molar-refractivity contribution in [3.05, 3.63) is 33.6 Å². The van der Waals surface area contributed by atoms with E-state index in [2.05, 4.69) is 5.32 Å². The molecule has 0 heterocycles. The molecule has 1 aliphatic carbocycles. The standard InChI is InChI=1S/C13H15FN2O4/c14-10-7-12(16(19)20)9(13(17)18)6-11(10)15-5-1-2-8-3-4-8/h6-8,15H,1-5H2,(H,17,18). The van der Waals surface area contributed by atoms with E-state index < -0.39 is 28.0 Å². The van der Waals surface area contributed by atoms with Gasteiger partial charge in [-0.1, -0.05) is 12.8 Å². The third-order valence-corrected chi connectivity index (χ3v) is 3.31. The summed E-state index contributed by atoms with van der Waals surface area (Å²) in [5.41, 5.74) is -1.26. The van der Waals surface area contributed by atoms with Crippen LogP contribution in [0, 0.1) is 21.8 Å². The summed E-state index contributed by atoms with van der Waals surface area (Å²) in [7, 11) is 0. The second kappa shape index (κ2) is 5.85. The Morgan fingerprint density at radius 3 is 2.75 bits per heavy atom. The number of nitrogens with zero attached hydrogens (tertiary/aromatic N) is 1. The van der Waals surface area contributed by atoms with Gasteiger partial charge in [0, 0.05) is 6.54 Å². The average molecular weight is 282 g/mol. The molecule has 1 saturated carbocycles. The minimum Gasteiger partial charge on any atom is -0.477 e. The number of nitrogens with one attached hydrogen (secondary N) is 1. The number of hydrogen-bond acceptors (Lipinski definition) is 4. The number of halogens is 1. The topological polar surface area (TPSA) is 92.5 Å². The van der Waals surface area contributed by atoms with Crippen LogP contribution in [0.2, 0.25) is 0 Å². The number of hydrogen-bond donors (Lipinski definition) is 2. The van der Waals surface area contributed by atoms with Gasteiger partial charge in [-0.2, -0.15) is 0 Å². The first-order valence-electron chi connectivity index (χ1n) is 6.44. The van der Waals surface area contributed by atoms with Crippen molar-refractivity contribution < 1.29 is 19.2 Å². The Balaban J connectivity index is 2.09. The van der Waals surface area contributed by atoms with Gasteiger partial charge in [0.25, 0.3) is 5.69 Å². The summed E-state index contributed by atoms with van der Waals surface area (Å²) < 4.78 is 13.7. The van der Waals surface area contributed by atoms with E-state index in [4.69, 9.17) is 5.11 Å². The molecule has 0 saturated heterocycles. The molecule has 0 unspecified atom stereocenters. The van der Waals surface area contributed by atoms with Crippen molar-refractivity contribution in [2.45, 2.75) is 25.7 Å². The van der Waals surface area contributed by atoms with Crippen molar-refractivity contribution in [3.8, 4) is 0 Å². The second-order valence-corrected chi connectivity index (χ2v) is 4.92. The van der Waals surface area contributed by atoms with Crippen molar-refractivity contribution in [3.63, 3.8) is 0 Å². The summed E-state index contributed by atoms with van der Waals surface area (Å²) in [4.78, 5) is 20.8. The zero-order valence-corrected chi connectivity index (χ0v) is 10.8. The Morgan fingerprint density at radius 1 is 1.50 bits per heavy atom. The fourth-order valence-corrected chi connectivity index (χ4v) is 2.04. The quantitative estimate of drug-likeness (QED) is 0.455. The van der Waals surface area contributed by atoms with Crippen molar-refractivity contribution >= 4 is 17.3 Å². The first-order valence-corrected chi connectivity index (χ1v) is 6.44. The molecule has 0 spiro atoms. The van der Waals surface area contributed by atoms with E-state index in [1.165, 1.54) is 12.8 Å². The Morgan fingerprint density at radius 2 is 2.20 bits per heavy atom. The smallest absolute Gasteiger partial charge is 0.342 e. The van der Waals surface area contributed by atoms with Crippen LogP contribution < -0.4 is 5.32 Å². The predicted molar refractivity (Wildman–Crippen MR) is 70.5 cm³/mol. The molecule has 1 fully saturated rings. The number of nitro benzene ring substituents is 1. The number of aromatic carboxylic acids is 1. The Kier molecular flexibility index (Phi) is 4.16. The highest BCUT2D eigenvalue weighted by atomic mass is 19.1. The molecular formula is C13H15FN2O4. The van der Waals surface area contributed by atoms with E-state index in [0.717, 1.165) is 24.8 Å². The third kappa shape index (κ3) is 3.43. The van der Waals surface area contributed by atoms with E-state index in [9.17, 15) is 19.3 Å². The highest BCUT2D eigenvalue weighted by molar-refractivity contribution is 5.93. The first kappa shape index (κ1) is 14.2. The maximum absolute atomic E-state index is 13.7. The van der Waals surface area contributed by atoms with E-state index in [1.54, 1.807) is 0 Å². The first-order chi connectivity index (χ1) is 9.49. The van der Waals surface area contributed by atoms with Gasteiger partial charge in [0.15, 0.2) is 5.82 Å². The number of carboxylic acids is 1. The fraction of sp³-hybridized carbons (Fsp3) is 0.462. The molecule has 1 aromatic carbocycles. The van der Waals surface area contributed by atoms with Crippen LogP contribution in [0.4, 0.5) is 15.8 Å². The minimum absolute atomic E-state index is 0.0104. The monoisotopic (exact) mass is 282 g/mol. The van der Waals surface area contributed by atoms with Gasteiger partial charge in [0.1, 0.15) is 5.56 Å². The maximum atomic E-state index is 13.7. The van der Waals surface area contributed by atoms with Crippen LogP contribution in [0.15, 0.2) is 12.1 Å². The zero-order valence-electron chi connectivity index (χ0n) is 10.8. The molecular weight excluding hydrogens is 267 g/mol. The molecule has 6 nitrogen and oxygen atoms in total. The third-order valence-electron chi connectivity index (χ3n) is 3.31. The Bertz CT molecular complexity index is 543. The molecule has 20 heavy (non-hydrogen) atoms. The molecule has 0 radical (unpaired) electrons. The number of anilines is 1. The van der Waals surface area contributed by atoms with Crippen molar-refractivity contribution in [1.82, 2.24) is 0 Å². The van der Waals surface area contributed by atoms with Crippen LogP contribution >= 0.6 is 0 Å². The number of carboxylic acid groups (broad SMARTS) is 1. The fourth-order valence-electron chi connectivity index (χ4n) is 2.04. The van der Waals surface area contributed by atoms with Crippen LogP contribution in [0.25, 0.3) is 0 Å². The lowest BCUT2D eigenvalue weighted by Gasteiger charge is -2.08. The van der Waals surface area contributed by atoms with Crippen molar-refractivity contribution in [2.75, 3.05) is 11.9 Å². The molecule has 0 bridgehead atoms. The van der Waals surface area contributed by atoms with Gasteiger partial charge in [-0.25, -0.2) is 9.18 Å². The largest absolute Gasteiger partial charge is 0.477 e. The summed E-state index contributed by atoms with van der Waals surface area (Å²) in [6.07, 6.45) is 4.42. The minimum atomic E-state index is -1.45. The van der Waals surface area contributed by atoms with Gasteiger partial charge in [-0.05, 0) is 24.8 Å². The van der Waals surface area contributed by atoms with Gasteiger partial charge in [-0.15, -0.1) is 0 Å². The molecule has 0 amide bonds. The molecule has 7 heteroatoms. The van der Waals surface area contributed by atoms with E-state index >= 15 is 0 Å². The molecule has 0 aliphatic heterocycles. The molecule has 108 valence electrons. The number of carbonyl (C=O) groups is 1. The Labute approximate surface area is 114 Å². The SMILES string of the molecule is O=C(O)c1cc(NCCCC2CC2)c(F)cc1[N+](=O)[O-]. The Hall–Kier alpha value is -2.18. The van der Waals surface area contributed by atoms with E-state index in [-0.39, 0.29) is 5.69 Å². The molecule has 0 aromatic heterocycles. The summed E-state index contributed by atoms with van der Waals surface area (Å²) in [6.45, 7) is 0.518. The molecule has 1 aromatic rings. The number of rotatable bonds is 7. The summed E-state index contributed by atoms with van der Waals surface area (Å²) in [6, 6.07) is 1.62. The van der Waals surface area contributed by atoms with Crippen LogP contribution in [-0.2, 0) is 0 Å². The highest BCUT2D eigenvalue weighted by Gasteiger charge is 2.23. The van der Waals surface area contributed by atoms with E-state index in [1.807, 2.05) is 0 Å². The van der Waals surface area contributed by atoms with Crippen molar-refractivity contribution in [2.24, 2.45) is 5.92 Å². The zero-order chi connectivity index (χ0) is 14.7. The van der Waals surface area contributed by atoms with Crippen molar-refractivity contribution in [1.29, 1.82) is 0 Å². The van der Waals surface area contributed by atoms with Crippen LogP contribution in [0.3, 0.4) is 0 Å². The summed E-state index contributed by atoms with van der Waals surface area (Å²) in [5.74, 6) is -1.49. The van der Waals surface area contributed by atoms with Crippen LogP contribution in [0.1, 0.15) is 36.0 Å². The molecule has 0 atom stereocenters. The van der Waals surface area contributed by atoms with Gasteiger partial charge in [0.05, 0.1) is 16.7 Å². The number of nitro groups is 1. The van der Waals surface area contributed by atoms with E-state index in [0.29, 0.717) is 12.6 Å². The lowest BCUT2D eigenvalue weighted by Crippen LogP contribution is -2.08. The molecule has 2 N–H and O–H groups in total. The highest BCUT2D eigenvalue weighted by Crippen LogP contribution is 2.33. The summed E-state index contributed by atoms with van der Waals surface area (Å²) >= 11 is 0. The average Bonchev–Trinajstić information content (AvgIpc) is 3.19. The molecule has 2 rings (SSSR count). The van der Waals surface area contributed by atoms with Crippen LogP contribution in [0.5, 0.6) is 0 Å². The van der Waals surface area contributed by atoms with Crippen LogP contribution in [-0.4, -0.2) is 22.5 Å². The lowest BCUT2D eigenvalue weighted by atomic mass is 10.1. The summed E-state index contributed by atoms with van der Waals surface area (Å²) in [5, 5.41) is 22.4. The maximum Gasteiger partial charge on any atom is 0.342 e. The van der Waals surface area contributed by atoms with Gasteiger partial charge in [-0.3, -0.25) is 10.1 Å². The predicted octanol–water partition coefficient (Wildman–Crippen LogP) is 3.03. The molecule has 1 aliphatic rings. The van der Waals surface area contributed by atoms with Gasteiger partial charge < -0.3 is 10.4 Å². The number of benzene rings is 1. The normalized spacial score (nSPS) is 14.1. The van der Waals surface area contributed by atoms with Gasteiger partial charge >= 0.3 is 5.97 Å².